The van der Waals surface area contributed by atoms with E-state index in [2.05, 4.69) is 25.2 Å². The molecule has 1 amide bonds. The van der Waals surface area contributed by atoms with Crippen molar-refractivity contribution in [2.75, 3.05) is 11.9 Å². The number of amides is 1. The Bertz CT molecular complexity index is 984. The summed E-state index contributed by atoms with van der Waals surface area (Å²) in [5.74, 6) is 0.765. The Kier molecular flexibility index (Phi) is 6.08. The molecule has 3 aromatic carbocycles. The first kappa shape index (κ1) is 19.2. The van der Waals surface area contributed by atoms with Gasteiger partial charge in [0.05, 0.1) is 11.6 Å². The summed E-state index contributed by atoms with van der Waals surface area (Å²) in [4.78, 5) is 12.2. The Balaban J connectivity index is 1.59. The number of para-hydroxylation sites is 1. The van der Waals surface area contributed by atoms with Gasteiger partial charge in [0.15, 0.2) is 6.61 Å². The Morgan fingerprint density at radius 1 is 0.964 bits per heavy atom. The number of hydrogen-bond donors (Lipinski definition) is 1. The number of carbonyl (C=O) groups excluding carboxylic acids is 1. The predicted molar refractivity (Wildman–Crippen MR) is 111 cm³/mol. The van der Waals surface area contributed by atoms with E-state index in [0.29, 0.717) is 17.2 Å². The van der Waals surface area contributed by atoms with Crippen LogP contribution < -0.4 is 10.1 Å². The van der Waals surface area contributed by atoms with Crippen molar-refractivity contribution in [3.63, 3.8) is 0 Å². The van der Waals surface area contributed by atoms with E-state index in [-0.39, 0.29) is 12.5 Å². The number of anilines is 1. The van der Waals surface area contributed by atoms with Crippen LogP contribution in [0.3, 0.4) is 0 Å². The van der Waals surface area contributed by atoms with Gasteiger partial charge in [0.2, 0.25) is 0 Å². The molecule has 0 aliphatic carbocycles. The summed E-state index contributed by atoms with van der Waals surface area (Å²) >= 11 is 0. The van der Waals surface area contributed by atoms with Crippen molar-refractivity contribution < 1.29 is 9.53 Å². The summed E-state index contributed by atoms with van der Waals surface area (Å²) in [5, 5.41) is 11.8. The second-order valence-electron chi connectivity index (χ2n) is 6.79. The maximum Gasteiger partial charge on any atom is 0.262 e. The smallest absolute Gasteiger partial charge is 0.262 e. The van der Waals surface area contributed by atoms with Crippen molar-refractivity contribution in [2.24, 2.45) is 0 Å². The molecule has 0 saturated heterocycles. The van der Waals surface area contributed by atoms with Crippen LogP contribution in [0.5, 0.6) is 5.75 Å². The van der Waals surface area contributed by atoms with Crippen molar-refractivity contribution in [1.29, 1.82) is 5.26 Å². The Morgan fingerprint density at radius 3 is 2.18 bits per heavy atom. The van der Waals surface area contributed by atoms with E-state index in [0.717, 1.165) is 22.4 Å². The molecular formula is C24H22N2O2. The van der Waals surface area contributed by atoms with Crippen LogP contribution in [0.2, 0.25) is 0 Å². The molecule has 4 nitrogen and oxygen atoms in total. The first-order chi connectivity index (χ1) is 13.6. The van der Waals surface area contributed by atoms with Crippen molar-refractivity contribution in [3.8, 4) is 22.9 Å². The van der Waals surface area contributed by atoms with Gasteiger partial charge in [-0.25, -0.2) is 0 Å². The molecule has 0 bridgehead atoms. The molecule has 1 N–H and O–H groups in total. The van der Waals surface area contributed by atoms with E-state index in [9.17, 15) is 4.79 Å². The highest BCUT2D eigenvalue weighted by Crippen LogP contribution is 2.24. The number of nitriles is 1. The number of benzene rings is 3. The minimum Gasteiger partial charge on any atom is -0.484 e. The lowest BCUT2D eigenvalue weighted by atomic mass is 10.0. The van der Waals surface area contributed by atoms with Crippen LogP contribution >= 0.6 is 0 Å². The van der Waals surface area contributed by atoms with E-state index in [1.807, 2.05) is 60.7 Å². The van der Waals surface area contributed by atoms with Crippen LogP contribution in [0, 0.1) is 11.3 Å². The molecule has 3 rings (SSSR count). The molecule has 28 heavy (non-hydrogen) atoms. The van der Waals surface area contributed by atoms with Crippen molar-refractivity contribution in [2.45, 2.75) is 19.8 Å². The molecule has 0 atom stereocenters. The van der Waals surface area contributed by atoms with Gasteiger partial charge in [-0.2, -0.15) is 5.26 Å². The summed E-state index contributed by atoms with van der Waals surface area (Å²) < 4.78 is 5.61. The van der Waals surface area contributed by atoms with Crippen LogP contribution in [-0.2, 0) is 4.79 Å². The highest BCUT2D eigenvalue weighted by Gasteiger charge is 2.10. The molecule has 0 radical (unpaired) electrons. The Morgan fingerprint density at radius 2 is 1.57 bits per heavy atom. The fraction of sp³-hybridized carbons (Fsp3) is 0.167. The van der Waals surface area contributed by atoms with Gasteiger partial charge in [0.25, 0.3) is 5.91 Å². The summed E-state index contributed by atoms with van der Waals surface area (Å²) in [6.07, 6.45) is 0. The molecule has 0 aromatic heterocycles. The SMILES string of the molecule is CC(C)c1ccccc1NC(=O)COc1ccc(-c2ccc(C#N)cc2)cc1. The maximum absolute atomic E-state index is 12.2. The molecule has 0 fully saturated rings. The largest absolute Gasteiger partial charge is 0.484 e. The van der Waals surface area contributed by atoms with Gasteiger partial charge in [-0.15, -0.1) is 0 Å². The van der Waals surface area contributed by atoms with Gasteiger partial charge in [-0.05, 0) is 52.9 Å². The second-order valence-corrected chi connectivity index (χ2v) is 6.79. The number of ether oxygens (including phenoxy) is 1. The van der Waals surface area contributed by atoms with Crippen LogP contribution in [0.1, 0.15) is 30.9 Å². The van der Waals surface area contributed by atoms with Crippen LogP contribution in [-0.4, -0.2) is 12.5 Å². The molecule has 0 unspecified atom stereocenters. The molecule has 3 aromatic rings. The zero-order valence-corrected chi connectivity index (χ0v) is 16.0. The van der Waals surface area contributed by atoms with Crippen LogP contribution in [0.15, 0.2) is 72.8 Å². The van der Waals surface area contributed by atoms with Crippen LogP contribution in [0.25, 0.3) is 11.1 Å². The highest BCUT2D eigenvalue weighted by atomic mass is 16.5. The normalized spacial score (nSPS) is 10.4. The lowest BCUT2D eigenvalue weighted by Crippen LogP contribution is -2.21. The van der Waals surface area contributed by atoms with E-state index >= 15 is 0 Å². The fourth-order valence-corrected chi connectivity index (χ4v) is 2.93. The number of rotatable bonds is 6. The summed E-state index contributed by atoms with van der Waals surface area (Å²) in [6, 6.07) is 24.8. The van der Waals surface area contributed by atoms with Gasteiger partial charge in [0, 0.05) is 5.69 Å². The van der Waals surface area contributed by atoms with Gasteiger partial charge in [-0.3, -0.25) is 4.79 Å². The van der Waals surface area contributed by atoms with Crippen molar-refractivity contribution in [1.82, 2.24) is 0 Å². The average molecular weight is 370 g/mol. The Labute approximate surface area is 165 Å². The molecule has 0 spiro atoms. The number of carbonyl (C=O) groups is 1. The van der Waals surface area contributed by atoms with E-state index in [4.69, 9.17) is 10.00 Å². The van der Waals surface area contributed by atoms with Gasteiger partial charge in [0.1, 0.15) is 5.75 Å². The van der Waals surface area contributed by atoms with E-state index in [1.54, 1.807) is 12.1 Å². The average Bonchev–Trinajstić information content (AvgIpc) is 2.73. The molecule has 4 heteroatoms. The maximum atomic E-state index is 12.2. The third-order valence-electron chi connectivity index (χ3n) is 4.43. The molecule has 0 aliphatic heterocycles. The Hall–Kier alpha value is -3.58. The summed E-state index contributed by atoms with van der Waals surface area (Å²) in [6.45, 7) is 4.14. The monoisotopic (exact) mass is 370 g/mol. The number of nitrogens with one attached hydrogen (secondary N) is 1. The molecule has 0 aliphatic rings. The third-order valence-corrected chi connectivity index (χ3v) is 4.43. The zero-order chi connectivity index (χ0) is 19.9. The number of nitrogens with zero attached hydrogens (tertiary/aromatic N) is 1. The third kappa shape index (κ3) is 4.77. The molecular weight excluding hydrogens is 348 g/mol. The quantitative estimate of drug-likeness (QED) is 0.635. The van der Waals surface area contributed by atoms with Crippen molar-refractivity contribution >= 4 is 11.6 Å². The first-order valence-electron chi connectivity index (χ1n) is 9.19. The predicted octanol–water partition coefficient (Wildman–Crippen LogP) is 5.37. The first-order valence-corrected chi connectivity index (χ1v) is 9.19. The summed E-state index contributed by atoms with van der Waals surface area (Å²) in [7, 11) is 0. The number of hydrogen-bond acceptors (Lipinski definition) is 3. The van der Waals surface area contributed by atoms with Gasteiger partial charge >= 0.3 is 0 Å². The minimum absolute atomic E-state index is 0.0529. The van der Waals surface area contributed by atoms with E-state index in [1.165, 1.54) is 0 Å². The van der Waals surface area contributed by atoms with Gasteiger partial charge in [-0.1, -0.05) is 56.3 Å². The topological polar surface area (TPSA) is 62.1 Å². The summed E-state index contributed by atoms with van der Waals surface area (Å²) in [5.41, 5.74) is 4.60. The minimum atomic E-state index is -0.190. The standard InChI is InChI=1S/C24H22N2O2/c1-17(2)22-5-3-4-6-23(22)26-24(27)16-28-21-13-11-20(12-14-21)19-9-7-18(15-25)8-10-19/h3-14,17H,16H2,1-2H3,(H,26,27). The van der Waals surface area contributed by atoms with Gasteiger partial charge < -0.3 is 10.1 Å². The zero-order valence-electron chi connectivity index (χ0n) is 16.0. The lowest BCUT2D eigenvalue weighted by Gasteiger charge is -2.14. The fourth-order valence-electron chi connectivity index (χ4n) is 2.93. The lowest BCUT2D eigenvalue weighted by molar-refractivity contribution is -0.118. The van der Waals surface area contributed by atoms with Crippen molar-refractivity contribution in [3.05, 3.63) is 83.9 Å². The second kappa shape index (κ2) is 8.88. The molecule has 140 valence electrons. The van der Waals surface area contributed by atoms with E-state index < -0.39 is 0 Å². The van der Waals surface area contributed by atoms with Crippen LogP contribution in [0.4, 0.5) is 5.69 Å². The highest BCUT2D eigenvalue weighted by molar-refractivity contribution is 5.92. The molecule has 0 saturated carbocycles. The molecule has 0 heterocycles.